The van der Waals surface area contributed by atoms with Crippen molar-refractivity contribution in [2.45, 2.75) is 20.5 Å². The third-order valence-electron chi connectivity index (χ3n) is 3.28. The Kier molecular flexibility index (Phi) is 6.44. The summed E-state index contributed by atoms with van der Waals surface area (Å²) in [5.74, 6) is 0.189. The molecule has 24 heavy (non-hydrogen) atoms. The Bertz CT molecular complexity index is 736. The lowest BCUT2D eigenvalue weighted by Crippen LogP contribution is -2.00. The number of rotatable bonds is 7. The summed E-state index contributed by atoms with van der Waals surface area (Å²) in [7, 11) is 0. The summed E-state index contributed by atoms with van der Waals surface area (Å²) in [6.45, 7) is 4.85. The number of halogens is 1. The number of hydrogen-bond acceptors (Lipinski definition) is 3. The summed E-state index contributed by atoms with van der Waals surface area (Å²) in [6.07, 6.45) is 2.60. The predicted molar refractivity (Wildman–Crippen MR) is 97.5 cm³/mol. The summed E-state index contributed by atoms with van der Waals surface area (Å²) in [6, 6.07) is 11.7. The van der Waals surface area contributed by atoms with E-state index in [1.807, 2.05) is 38.1 Å². The van der Waals surface area contributed by atoms with Crippen molar-refractivity contribution >= 4 is 28.0 Å². The lowest BCUT2D eigenvalue weighted by atomic mass is 10.1. The first-order valence-corrected chi connectivity index (χ1v) is 8.34. The van der Waals surface area contributed by atoms with Crippen molar-refractivity contribution in [3.63, 3.8) is 0 Å². The second kappa shape index (κ2) is 8.55. The highest BCUT2D eigenvalue weighted by molar-refractivity contribution is 9.10. The standard InChI is InChI=1S/C19H19BrO4/c1-3-23-17-10-15(8-9-19(21)22)16(20)11-18(17)24-12-14-6-4-13(2)5-7-14/h4-11H,3,12H2,1-2H3,(H,21,22)/b9-8+. The van der Waals surface area contributed by atoms with Crippen LogP contribution < -0.4 is 9.47 Å². The van der Waals surface area contributed by atoms with Gasteiger partial charge in [-0.05, 0) is 43.2 Å². The van der Waals surface area contributed by atoms with Gasteiger partial charge in [-0.3, -0.25) is 0 Å². The van der Waals surface area contributed by atoms with E-state index in [2.05, 4.69) is 15.9 Å². The first-order chi connectivity index (χ1) is 11.5. The minimum atomic E-state index is -1.00. The van der Waals surface area contributed by atoms with Gasteiger partial charge in [0, 0.05) is 10.5 Å². The third kappa shape index (κ3) is 5.13. The van der Waals surface area contributed by atoms with Crippen molar-refractivity contribution in [3.8, 4) is 11.5 Å². The van der Waals surface area contributed by atoms with Gasteiger partial charge in [0.1, 0.15) is 6.61 Å². The number of aliphatic carboxylic acids is 1. The molecule has 1 N–H and O–H groups in total. The van der Waals surface area contributed by atoms with Gasteiger partial charge < -0.3 is 14.6 Å². The van der Waals surface area contributed by atoms with Gasteiger partial charge >= 0.3 is 5.97 Å². The van der Waals surface area contributed by atoms with Crippen molar-refractivity contribution in [2.24, 2.45) is 0 Å². The first-order valence-electron chi connectivity index (χ1n) is 7.55. The summed E-state index contributed by atoms with van der Waals surface area (Å²) in [5, 5.41) is 8.76. The summed E-state index contributed by atoms with van der Waals surface area (Å²) < 4.78 is 12.2. The first kappa shape index (κ1) is 18.1. The Labute approximate surface area is 149 Å². The fourth-order valence-electron chi connectivity index (χ4n) is 2.07. The lowest BCUT2D eigenvalue weighted by molar-refractivity contribution is -0.131. The van der Waals surface area contributed by atoms with Crippen molar-refractivity contribution in [1.29, 1.82) is 0 Å². The maximum absolute atomic E-state index is 10.7. The highest BCUT2D eigenvalue weighted by atomic mass is 79.9. The molecule has 0 spiro atoms. The Morgan fingerprint density at radius 1 is 1.17 bits per heavy atom. The van der Waals surface area contributed by atoms with Crippen LogP contribution >= 0.6 is 15.9 Å². The van der Waals surface area contributed by atoms with E-state index in [0.29, 0.717) is 30.3 Å². The van der Waals surface area contributed by atoms with Gasteiger partial charge in [-0.2, -0.15) is 0 Å². The highest BCUT2D eigenvalue weighted by Gasteiger charge is 2.10. The van der Waals surface area contributed by atoms with E-state index in [-0.39, 0.29) is 0 Å². The molecular formula is C19H19BrO4. The molecule has 126 valence electrons. The van der Waals surface area contributed by atoms with E-state index in [1.165, 1.54) is 11.6 Å². The van der Waals surface area contributed by atoms with Crippen molar-refractivity contribution in [1.82, 2.24) is 0 Å². The molecule has 2 rings (SSSR count). The Balaban J connectivity index is 2.22. The average Bonchev–Trinajstić information content (AvgIpc) is 2.55. The van der Waals surface area contributed by atoms with Gasteiger partial charge in [0.05, 0.1) is 6.61 Å². The Morgan fingerprint density at radius 2 is 1.83 bits per heavy atom. The summed E-state index contributed by atoms with van der Waals surface area (Å²) in [4.78, 5) is 10.7. The summed E-state index contributed by atoms with van der Waals surface area (Å²) >= 11 is 3.44. The molecular weight excluding hydrogens is 372 g/mol. The van der Waals surface area contributed by atoms with Gasteiger partial charge in [-0.1, -0.05) is 45.8 Å². The van der Waals surface area contributed by atoms with Crippen LogP contribution in [0, 0.1) is 6.92 Å². The molecule has 0 atom stereocenters. The van der Waals surface area contributed by atoms with Crippen LogP contribution in [0.25, 0.3) is 6.08 Å². The molecule has 4 nitrogen and oxygen atoms in total. The second-order valence-electron chi connectivity index (χ2n) is 5.20. The van der Waals surface area contributed by atoms with Crippen LogP contribution in [0.5, 0.6) is 11.5 Å². The number of carboxylic acid groups (broad SMARTS) is 1. The van der Waals surface area contributed by atoms with Crippen LogP contribution in [0.2, 0.25) is 0 Å². The third-order valence-corrected chi connectivity index (χ3v) is 3.97. The van der Waals surface area contributed by atoms with Gasteiger partial charge in [-0.25, -0.2) is 4.79 Å². The SMILES string of the molecule is CCOc1cc(/C=C/C(=O)O)c(Br)cc1OCc1ccc(C)cc1. The maximum Gasteiger partial charge on any atom is 0.328 e. The Hall–Kier alpha value is -2.27. The number of hydrogen-bond donors (Lipinski definition) is 1. The van der Waals surface area contributed by atoms with E-state index in [9.17, 15) is 4.79 Å². The van der Waals surface area contributed by atoms with Crippen LogP contribution in [0.3, 0.4) is 0 Å². The zero-order chi connectivity index (χ0) is 17.5. The van der Waals surface area contributed by atoms with E-state index in [4.69, 9.17) is 14.6 Å². The summed E-state index contributed by atoms with van der Waals surface area (Å²) in [5.41, 5.74) is 2.98. The molecule has 0 amide bonds. The molecule has 0 bridgehead atoms. The predicted octanol–water partition coefficient (Wildman–Crippen LogP) is 4.83. The monoisotopic (exact) mass is 390 g/mol. The fourth-order valence-corrected chi connectivity index (χ4v) is 2.52. The van der Waals surface area contributed by atoms with Crippen LogP contribution in [0.1, 0.15) is 23.6 Å². The molecule has 0 radical (unpaired) electrons. The van der Waals surface area contributed by atoms with E-state index >= 15 is 0 Å². The molecule has 0 aliphatic rings. The minimum absolute atomic E-state index is 0.428. The van der Waals surface area contributed by atoms with Crippen molar-refractivity contribution < 1.29 is 19.4 Å². The molecule has 0 fully saturated rings. The molecule has 0 unspecified atom stereocenters. The molecule has 2 aromatic rings. The molecule has 5 heteroatoms. The van der Waals surface area contributed by atoms with E-state index < -0.39 is 5.97 Å². The molecule has 0 saturated carbocycles. The minimum Gasteiger partial charge on any atom is -0.490 e. The normalized spacial score (nSPS) is 10.8. The molecule has 0 heterocycles. The topological polar surface area (TPSA) is 55.8 Å². The van der Waals surface area contributed by atoms with Gasteiger partial charge in [0.25, 0.3) is 0 Å². The van der Waals surface area contributed by atoms with Crippen LogP contribution in [0.4, 0.5) is 0 Å². The zero-order valence-corrected chi connectivity index (χ0v) is 15.2. The highest BCUT2D eigenvalue weighted by Crippen LogP contribution is 2.35. The van der Waals surface area contributed by atoms with Crippen molar-refractivity contribution in [2.75, 3.05) is 6.61 Å². The second-order valence-corrected chi connectivity index (χ2v) is 6.05. The lowest BCUT2D eigenvalue weighted by Gasteiger charge is -2.14. The van der Waals surface area contributed by atoms with E-state index in [0.717, 1.165) is 16.1 Å². The van der Waals surface area contributed by atoms with Crippen LogP contribution in [-0.2, 0) is 11.4 Å². The van der Waals surface area contributed by atoms with Crippen LogP contribution in [-0.4, -0.2) is 17.7 Å². The smallest absolute Gasteiger partial charge is 0.328 e. The number of aryl methyl sites for hydroxylation is 1. The largest absolute Gasteiger partial charge is 0.490 e. The number of carboxylic acids is 1. The van der Waals surface area contributed by atoms with Gasteiger partial charge in [0.15, 0.2) is 11.5 Å². The van der Waals surface area contributed by atoms with Crippen molar-refractivity contribution in [3.05, 3.63) is 63.6 Å². The quantitative estimate of drug-likeness (QED) is 0.687. The fraction of sp³-hybridized carbons (Fsp3) is 0.211. The Morgan fingerprint density at radius 3 is 2.46 bits per heavy atom. The number of benzene rings is 2. The maximum atomic E-state index is 10.7. The van der Waals surface area contributed by atoms with Gasteiger partial charge in [0.2, 0.25) is 0 Å². The number of ether oxygens (including phenoxy) is 2. The molecule has 0 aliphatic carbocycles. The van der Waals surface area contributed by atoms with Gasteiger partial charge in [-0.15, -0.1) is 0 Å². The van der Waals surface area contributed by atoms with E-state index in [1.54, 1.807) is 12.1 Å². The molecule has 0 aromatic heterocycles. The molecule has 2 aromatic carbocycles. The molecule has 0 aliphatic heterocycles. The average molecular weight is 391 g/mol. The van der Waals surface area contributed by atoms with Crippen LogP contribution in [0.15, 0.2) is 46.9 Å². The zero-order valence-electron chi connectivity index (χ0n) is 13.6. The number of carbonyl (C=O) groups is 1. The molecule has 0 saturated heterocycles.